The maximum absolute atomic E-state index is 12.8. The highest BCUT2D eigenvalue weighted by Gasteiger charge is 2.51. The predicted octanol–water partition coefficient (Wildman–Crippen LogP) is 5.08. The van der Waals surface area contributed by atoms with Crippen LogP contribution in [-0.2, 0) is 14.3 Å². The van der Waals surface area contributed by atoms with Crippen LogP contribution in [0.25, 0.3) is 0 Å². The van der Waals surface area contributed by atoms with Gasteiger partial charge in [0.05, 0.1) is 0 Å². The Morgan fingerprint density at radius 2 is 1.36 bits per heavy atom. The molecule has 0 aromatic heterocycles. The van der Waals surface area contributed by atoms with Crippen LogP contribution < -0.4 is 16.0 Å². The minimum atomic E-state index is -0.571. The van der Waals surface area contributed by atoms with Crippen molar-refractivity contribution in [2.24, 2.45) is 23.2 Å². The van der Waals surface area contributed by atoms with Crippen molar-refractivity contribution in [3.05, 3.63) is 24.3 Å². The van der Waals surface area contributed by atoms with Gasteiger partial charge < -0.3 is 20.7 Å². The number of anilines is 2. The summed E-state index contributed by atoms with van der Waals surface area (Å²) in [6.45, 7) is 5.55. The van der Waals surface area contributed by atoms with Gasteiger partial charge in [0.25, 0.3) is 0 Å². The third-order valence-corrected chi connectivity index (χ3v) is 7.17. The molecular weight excluding hydrogens is 418 g/mol. The van der Waals surface area contributed by atoms with Gasteiger partial charge in [-0.05, 0) is 107 Å². The molecule has 0 radical (unpaired) electrons. The highest BCUT2D eigenvalue weighted by molar-refractivity contribution is 5.93. The number of benzene rings is 1. The van der Waals surface area contributed by atoms with E-state index in [0.29, 0.717) is 12.1 Å². The zero-order valence-electron chi connectivity index (χ0n) is 20.0. The molecule has 5 rings (SSSR count). The van der Waals surface area contributed by atoms with Gasteiger partial charge >= 0.3 is 6.09 Å². The monoisotopic (exact) mass is 455 g/mol. The van der Waals surface area contributed by atoms with E-state index in [1.807, 2.05) is 12.1 Å². The summed E-state index contributed by atoms with van der Waals surface area (Å²) in [6, 6.07) is 7.18. The number of hydrogen-bond donors (Lipinski definition) is 3. The molecule has 4 aliphatic rings. The lowest BCUT2D eigenvalue weighted by atomic mass is 9.49. The molecule has 0 atom stereocenters. The molecule has 0 aliphatic heterocycles. The number of alkyl carbamates (subject to hydrolysis) is 1. The lowest BCUT2D eigenvalue weighted by molar-refractivity contribution is -0.124. The van der Waals surface area contributed by atoms with E-state index in [1.54, 1.807) is 32.9 Å². The van der Waals surface area contributed by atoms with Gasteiger partial charge in [-0.3, -0.25) is 9.59 Å². The van der Waals surface area contributed by atoms with E-state index >= 15 is 0 Å². The van der Waals surface area contributed by atoms with E-state index in [9.17, 15) is 14.4 Å². The van der Waals surface area contributed by atoms with Gasteiger partial charge in [0.2, 0.25) is 11.8 Å². The van der Waals surface area contributed by atoms with Crippen molar-refractivity contribution in [3.63, 3.8) is 0 Å². The molecule has 4 bridgehead atoms. The Morgan fingerprint density at radius 1 is 0.879 bits per heavy atom. The summed E-state index contributed by atoms with van der Waals surface area (Å²) in [5.74, 6) is 2.41. The molecule has 1 aromatic rings. The first-order valence-electron chi connectivity index (χ1n) is 12.2. The lowest BCUT2D eigenvalue weighted by Crippen LogP contribution is -2.47. The molecule has 4 saturated carbocycles. The van der Waals surface area contributed by atoms with Crippen molar-refractivity contribution < 1.29 is 19.1 Å². The van der Waals surface area contributed by atoms with Crippen molar-refractivity contribution >= 4 is 29.3 Å². The van der Waals surface area contributed by atoms with Crippen molar-refractivity contribution in [2.45, 2.75) is 77.7 Å². The fraction of sp³-hybridized carbons (Fsp3) is 0.654. The van der Waals surface area contributed by atoms with Crippen LogP contribution >= 0.6 is 0 Å². The van der Waals surface area contributed by atoms with Crippen LogP contribution in [0.4, 0.5) is 16.2 Å². The summed E-state index contributed by atoms with van der Waals surface area (Å²) in [5, 5.41) is 8.42. The van der Waals surface area contributed by atoms with Gasteiger partial charge in [-0.25, -0.2) is 4.79 Å². The molecule has 0 saturated heterocycles. The summed E-state index contributed by atoms with van der Waals surface area (Å²) in [6.07, 6.45) is 8.04. The summed E-state index contributed by atoms with van der Waals surface area (Å²) in [4.78, 5) is 36.5. The Bertz CT molecular complexity index is 853. The Labute approximate surface area is 196 Å². The number of nitrogens with one attached hydrogen (secondary N) is 3. The molecule has 0 spiro atoms. The second kappa shape index (κ2) is 9.35. The quantitative estimate of drug-likeness (QED) is 0.534. The van der Waals surface area contributed by atoms with E-state index in [1.165, 1.54) is 38.5 Å². The number of carbonyl (C=O) groups is 3. The van der Waals surface area contributed by atoms with Crippen molar-refractivity contribution in [1.29, 1.82) is 0 Å². The Kier molecular flexibility index (Phi) is 6.68. The number of carbonyl (C=O) groups excluding carboxylic acids is 3. The highest BCUT2D eigenvalue weighted by Crippen LogP contribution is 2.61. The molecule has 1 aromatic carbocycles. The van der Waals surface area contributed by atoms with E-state index in [0.717, 1.165) is 23.4 Å². The van der Waals surface area contributed by atoms with Gasteiger partial charge in [0.1, 0.15) is 5.60 Å². The van der Waals surface area contributed by atoms with Gasteiger partial charge in [-0.1, -0.05) is 0 Å². The predicted molar refractivity (Wildman–Crippen MR) is 128 cm³/mol. The maximum atomic E-state index is 12.8. The molecule has 3 amide bonds. The number of hydrogen-bond acceptors (Lipinski definition) is 4. The fourth-order valence-corrected chi connectivity index (χ4v) is 6.50. The molecule has 3 N–H and O–H groups in total. The summed E-state index contributed by atoms with van der Waals surface area (Å²) in [5.41, 5.74) is 1.05. The topological polar surface area (TPSA) is 96.5 Å². The van der Waals surface area contributed by atoms with Crippen molar-refractivity contribution in [2.75, 3.05) is 17.2 Å². The van der Waals surface area contributed by atoms with Gasteiger partial charge in [-0.15, -0.1) is 0 Å². The minimum absolute atomic E-state index is 0.0990. The molecule has 0 unspecified atom stereocenters. The average Bonchev–Trinajstić information content (AvgIpc) is 2.66. The van der Waals surface area contributed by atoms with Gasteiger partial charge in [-0.2, -0.15) is 0 Å². The van der Waals surface area contributed by atoms with Crippen LogP contribution in [0.1, 0.15) is 72.1 Å². The molecule has 0 heterocycles. The van der Waals surface area contributed by atoms with E-state index < -0.39 is 11.7 Å². The summed E-state index contributed by atoms with van der Waals surface area (Å²) in [7, 11) is 0. The Balaban J connectivity index is 1.20. The minimum Gasteiger partial charge on any atom is -0.444 e. The van der Waals surface area contributed by atoms with Crippen LogP contribution in [0.3, 0.4) is 0 Å². The second-order valence-corrected chi connectivity index (χ2v) is 11.4. The maximum Gasteiger partial charge on any atom is 0.407 e. The molecule has 4 aliphatic carbocycles. The first kappa shape index (κ1) is 23.6. The summed E-state index contributed by atoms with van der Waals surface area (Å²) >= 11 is 0. The molecule has 180 valence electrons. The smallest absolute Gasteiger partial charge is 0.407 e. The highest BCUT2D eigenvalue weighted by atomic mass is 16.6. The molecule has 4 fully saturated rings. The average molecular weight is 456 g/mol. The van der Waals surface area contributed by atoms with Gasteiger partial charge in [0.15, 0.2) is 0 Å². The number of ether oxygens (including phenoxy) is 1. The van der Waals surface area contributed by atoms with E-state index in [-0.39, 0.29) is 30.2 Å². The van der Waals surface area contributed by atoms with Crippen molar-refractivity contribution in [1.82, 2.24) is 5.32 Å². The van der Waals surface area contributed by atoms with Gasteiger partial charge in [0, 0.05) is 30.8 Å². The van der Waals surface area contributed by atoms with Crippen LogP contribution in [-0.4, -0.2) is 30.1 Å². The second-order valence-electron chi connectivity index (χ2n) is 11.4. The molecular formula is C26H37N3O4. The van der Waals surface area contributed by atoms with Crippen LogP contribution in [0.2, 0.25) is 0 Å². The Morgan fingerprint density at radius 3 is 1.85 bits per heavy atom. The SMILES string of the molecule is CC(C)(C)OC(=O)NCCC(=O)Nc1ccc(NC(=O)CC23CC4CC(CC(C4)C2)C3)cc1. The summed E-state index contributed by atoms with van der Waals surface area (Å²) < 4.78 is 5.14. The zero-order valence-corrected chi connectivity index (χ0v) is 20.0. The lowest BCUT2D eigenvalue weighted by Gasteiger charge is -2.56. The molecule has 7 nitrogen and oxygen atoms in total. The zero-order chi connectivity index (χ0) is 23.6. The molecule has 7 heteroatoms. The van der Waals surface area contributed by atoms with Crippen LogP contribution in [0, 0.1) is 23.2 Å². The third-order valence-electron chi connectivity index (χ3n) is 7.17. The van der Waals surface area contributed by atoms with Crippen molar-refractivity contribution in [3.8, 4) is 0 Å². The normalized spacial score (nSPS) is 27.7. The standard InChI is InChI=1S/C26H37N3O4/c1-25(2,3)33-24(32)27-9-8-22(30)28-20-4-6-21(7-5-20)29-23(31)16-26-13-17-10-18(14-26)12-19(11-17)15-26/h4-7,17-19H,8-16H2,1-3H3,(H,27,32)(H,28,30)(H,29,31). The molecule has 33 heavy (non-hydrogen) atoms. The number of amides is 3. The first-order chi connectivity index (χ1) is 15.6. The largest absolute Gasteiger partial charge is 0.444 e. The first-order valence-corrected chi connectivity index (χ1v) is 12.2. The fourth-order valence-electron chi connectivity index (χ4n) is 6.50. The van der Waals surface area contributed by atoms with E-state index in [2.05, 4.69) is 16.0 Å². The number of rotatable bonds is 7. The Hall–Kier alpha value is -2.57. The third kappa shape index (κ3) is 6.49. The van der Waals surface area contributed by atoms with E-state index in [4.69, 9.17) is 4.74 Å². The van der Waals surface area contributed by atoms with Crippen LogP contribution in [0.5, 0.6) is 0 Å². The van der Waals surface area contributed by atoms with Crippen LogP contribution in [0.15, 0.2) is 24.3 Å².